The summed E-state index contributed by atoms with van der Waals surface area (Å²) in [6.45, 7) is 0.731. The minimum atomic E-state index is -3.97. The van der Waals surface area contributed by atoms with Crippen LogP contribution in [-0.4, -0.2) is 40.6 Å². The molecule has 4 N–H and O–H groups in total. The first-order valence-electron chi connectivity index (χ1n) is 7.50. The lowest BCUT2D eigenvalue weighted by atomic mass is 10.1. The maximum atomic E-state index is 12.0. The molecule has 0 aliphatic carbocycles. The number of dihydropyridines is 1. The van der Waals surface area contributed by atoms with Crippen molar-refractivity contribution in [3.63, 3.8) is 0 Å². The number of nitrogens with two attached hydrogens (primary N) is 1. The molecule has 1 aromatic carbocycles. The van der Waals surface area contributed by atoms with Crippen molar-refractivity contribution in [1.82, 2.24) is 30.9 Å². The number of H-pyrrole nitrogens is 1. The molecule has 3 aromatic rings. The molecule has 1 aliphatic heterocycles. The molecule has 0 amide bonds. The first-order chi connectivity index (χ1) is 12.5. The van der Waals surface area contributed by atoms with Gasteiger partial charge in [-0.25, -0.2) is 23.6 Å². The number of benzene rings is 1. The van der Waals surface area contributed by atoms with Crippen LogP contribution in [-0.2, 0) is 10.0 Å². The molecule has 2 aromatic heterocycles. The number of nitrogens with zero attached hydrogens (tertiary/aromatic N) is 4. The van der Waals surface area contributed by atoms with Crippen molar-refractivity contribution >= 4 is 26.9 Å². The zero-order chi connectivity index (χ0) is 18.1. The third-order valence-corrected chi connectivity index (χ3v) is 5.59. The van der Waals surface area contributed by atoms with Gasteiger partial charge in [0.15, 0.2) is 5.82 Å². The number of thiazole rings is 1. The van der Waals surface area contributed by atoms with Gasteiger partial charge >= 0.3 is 0 Å². The Labute approximate surface area is 152 Å². The number of aromatic amines is 1. The van der Waals surface area contributed by atoms with E-state index >= 15 is 0 Å². The number of hydrogen-bond acceptors (Lipinski definition) is 8. The highest BCUT2D eigenvalue weighted by Crippen LogP contribution is 2.37. The van der Waals surface area contributed by atoms with E-state index in [1.807, 2.05) is 23.7 Å². The number of allylic oxidation sites excluding steroid dienone is 2. The zero-order valence-electron chi connectivity index (χ0n) is 13.2. The molecular weight excluding hydrogens is 374 g/mol. The molecule has 0 unspecified atom stereocenters. The predicted molar refractivity (Wildman–Crippen MR) is 97.2 cm³/mol. The molecule has 0 atom stereocenters. The topological polar surface area (TPSA) is 140 Å². The number of rotatable bonds is 4. The molecule has 0 saturated heterocycles. The van der Waals surface area contributed by atoms with Crippen LogP contribution < -0.4 is 10.5 Å². The van der Waals surface area contributed by atoms with Crippen LogP contribution in [0.4, 0.5) is 0 Å². The van der Waals surface area contributed by atoms with Crippen molar-refractivity contribution in [3.8, 4) is 22.0 Å². The summed E-state index contributed by atoms with van der Waals surface area (Å²) in [5.41, 5.74) is 2.70. The van der Waals surface area contributed by atoms with E-state index in [4.69, 9.17) is 5.14 Å². The minimum Gasteiger partial charge on any atom is -0.387 e. The lowest BCUT2D eigenvalue weighted by molar-refractivity contribution is 0.598. The smallest absolute Gasteiger partial charge is 0.238 e. The fourth-order valence-electron chi connectivity index (χ4n) is 2.63. The van der Waals surface area contributed by atoms with E-state index in [0.29, 0.717) is 16.1 Å². The summed E-state index contributed by atoms with van der Waals surface area (Å²) in [6, 6.07) is 4.80. The van der Waals surface area contributed by atoms with Crippen molar-refractivity contribution in [3.05, 3.63) is 47.6 Å². The number of sulfonamides is 1. The van der Waals surface area contributed by atoms with Gasteiger partial charge in [0, 0.05) is 23.1 Å². The zero-order valence-corrected chi connectivity index (χ0v) is 14.9. The van der Waals surface area contributed by atoms with Crippen LogP contribution in [0.3, 0.4) is 0 Å². The van der Waals surface area contributed by atoms with Crippen molar-refractivity contribution in [2.75, 3.05) is 6.54 Å². The molecular formula is C15H13N7O2S2. The van der Waals surface area contributed by atoms with Crippen LogP contribution in [0.15, 0.2) is 46.8 Å². The maximum Gasteiger partial charge on any atom is 0.238 e. The SMILES string of the molecule is NS(=O)(=O)c1cccc(-c2nc(C3=CCNC=C3)cs2)c1-c1nnn[nH]1. The van der Waals surface area contributed by atoms with Crippen molar-refractivity contribution in [1.29, 1.82) is 0 Å². The summed E-state index contributed by atoms with van der Waals surface area (Å²) >= 11 is 1.40. The molecule has 3 heterocycles. The molecule has 1 aliphatic rings. The number of primary sulfonamides is 1. The molecule has 9 nitrogen and oxygen atoms in total. The Hall–Kier alpha value is -2.89. The molecule has 0 radical (unpaired) electrons. The minimum absolute atomic E-state index is 0.0636. The van der Waals surface area contributed by atoms with Gasteiger partial charge in [0.05, 0.1) is 16.2 Å². The highest BCUT2D eigenvalue weighted by molar-refractivity contribution is 7.89. The summed E-state index contributed by atoms with van der Waals surface area (Å²) < 4.78 is 24.1. The number of aromatic nitrogens is 5. The maximum absolute atomic E-state index is 12.0. The Kier molecular flexibility index (Phi) is 4.11. The fourth-order valence-corrected chi connectivity index (χ4v) is 4.25. The first-order valence-corrected chi connectivity index (χ1v) is 9.93. The Balaban J connectivity index is 1.89. The van der Waals surface area contributed by atoms with Gasteiger partial charge in [-0.2, -0.15) is 0 Å². The molecule has 0 saturated carbocycles. The summed E-state index contributed by atoms with van der Waals surface area (Å²) in [5.74, 6) is 0.211. The summed E-state index contributed by atoms with van der Waals surface area (Å²) in [4.78, 5) is 4.59. The number of nitrogens with one attached hydrogen (secondary N) is 2. The average molecular weight is 387 g/mol. The van der Waals surface area contributed by atoms with Crippen LogP contribution in [0.25, 0.3) is 27.5 Å². The van der Waals surface area contributed by atoms with E-state index < -0.39 is 10.0 Å². The predicted octanol–water partition coefficient (Wildman–Crippen LogP) is 1.14. The molecule has 26 heavy (non-hydrogen) atoms. The van der Waals surface area contributed by atoms with Gasteiger partial charge in [0.25, 0.3) is 0 Å². The molecule has 0 bridgehead atoms. The van der Waals surface area contributed by atoms with Crippen LogP contribution in [0.1, 0.15) is 5.69 Å². The van der Waals surface area contributed by atoms with E-state index in [1.165, 1.54) is 17.4 Å². The van der Waals surface area contributed by atoms with E-state index in [9.17, 15) is 8.42 Å². The van der Waals surface area contributed by atoms with Gasteiger partial charge in [-0.05, 0) is 28.8 Å². The Morgan fingerprint density at radius 2 is 2.15 bits per heavy atom. The lowest BCUT2D eigenvalue weighted by Crippen LogP contribution is -2.14. The van der Waals surface area contributed by atoms with E-state index in [-0.39, 0.29) is 10.7 Å². The largest absolute Gasteiger partial charge is 0.387 e. The van der Waals surface area contributed by atoms with E-state index in [1.54, 1.807) is 12.1 Å². The second kappa shape index (κ2) is 6.44. The van der Waals surface area contributed by atoms with Crippen LogP contribution in [0.2, 0.25) is 0 Å². The van der Waals surface area contributed by atoms with Crippen LogP contribution in [0, 0.1) is 0 Å². The van der Waals surface area contributed by atoms with Gasteiger partial charge in [0.2, 0.25) is 10.0 Å². The van der Waals surface area contributed by atoms with Crippen LogP contribution in [0.5, 0.6) is 0 Å². The third kappa shape index (κ3) is 3.03. The molecule has 4 rings (SSSR count). The van der Waals surface area contributed by atoms with Gasteiger partial charge in [-0.1, -0.05) is 18.2 Å². The second-order valence-corrected chi connectivity index (χ2v) is 7.80. The Bertz CT molecular complexity index is 1110. The monoisotopic (exact) mass is 387 g/mol. The highest BCUT2D eigenvalue weighted by atomic mass is 32.2. The van der Waals surface area contributed by atoms with Gasteiger partial charge in [-0.15, -0.1) is 16.4 Å². The molecule has 0 spiro atoms. The average Bonchev–Trinajstić information content (AvgIpc) is 3.33. The second-order valence-electron chi connectivity index (χ2n) is 5.41. The summed E-state index contributed by atoms with van der Waals surface area (Å²) in [7, 11) is -3.97. The van der Waals surface area contributed by atoms with Gasteiger partial charge in [-0.3, -0.25) is 0 Å². The first kappa shape index (κ1) is 16.6. The third-order valence-electron chi connectivity index (χ3n) is 3.77. The highest BCUT2D eigenvalue weighted by Gasteiger charge is 2.23. The van der Waals surface area contributed by atoms with Gasteiger partial charge in [0.1, 0.15) is 5.01 Å². The van der Waals surface area contributed by atoms with Crippen molar-refractivity contribution in [2.24, 2.45) is 5.14 Å². The lowest BCUT2D eigenvalue weighted by Gasteiger charge is -2.09. The number of hydrogen-bond donors (Lipinski definition) is 3. The molecule has 132 valence electrons. The van der Waals surface area contributed by atoms with Crippen LogP contribution >= 0.6 is 11.3 Å². The normalized spacial score (nSPS) is 14.1. The number of tetrazole rings is 1. The molecule has 11 heteroatoms. The van der Waals surface area contributed by atoms with E-state index in [2.05, 4.69) is 30.9 Å². The standard InChI is InChI=1S/C15H13N7O2S2/c16-26(23,24)12-3-1-2-10(13(12)14-19-21-22-20-14)15-18-11(8-25-15)9-4-6-17-7-5-9/h1-6,8,17H,7H2,(H2,16,23,24)(H,19,20,21,22). The van der Waals surface area contributed by atoms with Crippen molar-refractivity contribution < 1.29 is 8.42 Å². The quantitative estimate of drug-likeness (QED) is 0.610. The summed E-state index contributed by atoms with van der Waals surface area (Å²) in [6.07, 6.45) is 5.83. The Morgan fingerprint density at radius 1 is 1.27 bits per heavy atom. The molecule has 0 fully saturated rings. The summed E-state index contributed by atoms with van der Waals surface area (Å²) in [5, 5.41) is 24.6. The van der Waals surface area contributed by atoms with E-state index in [0.717, 1.165) is 17.8 Å². The van der Waals surface area contributed by atoms with Crippen molar-refractivity contribution in [2.45, 2.75) is 4.90 Å². The van der Waals surface area contributed by atoms with Gasteiger partial charge < -0.3 is 5.32 Å². The fraction of sp³-hybridized carbons (Fsp3) is 0.0667. The Morgan fingerprint density at radius 3 is 2.85 bits per heavy atom.